The van der Waals surface area contributed by atoms with Gasteiger partial charge in [0.15, 0.2) is 0 Å². The van der Waals surface area contributed by atoms with Crippen LogP contribution >= 0.6 is 0 Å². The van der Waals surface area contributed by atoms with Gasteiger partial charge in [0, 0.05) is 24.8 Å². The van der Waals surface area contributed by atoms with Gasteiger partial charge < -0.3 is 16.0 Å². The Kier molecular flexibility index (Phi) is 5.03. The average Bonchev–Trinajstić information content (AvgIpc) is 3.00. The second-order valence-electron chi connectivity index (χ2n) is 7.77. The summed E-state index contributed by atoms with van der Waals surface area (Å²) in [6.07, 6.45) is 0.458. The lowest BCUT2D eigenvalue weighted by molar-refractivity contribution is -0.119. The number of carbonyl (C=O) groups is 2. The second kappa shape index (κ2) is 7.67. The summed E-state index contributed by atoms with van der Waals surface area (Å²) >= 11 is 0. The zero-order valence-corrected chi connectivity index (χ0v) is 17.3. The van der Waals surface area contributed by atoms with Crippen LogP contribution in [0.5, 0.6) is 0 Å². The maximum absolute atomic E-state index is 13.0. The smallest absolute Gasteiger partial charge is 0.261 e. The van der Waals surface area contributed by atoms with Crippen molar-refractivity contribution in [2.45, 2.75) is 32.7 Å². The molecule has 0 aliphatic carbocycles. The quantitative estimate of drug-likeness (QED) is 0.697. The SMILES string of the molecule is Cc1nn(Cc2ccccc2)c(N)c1C(=O)Nc1ccc2c(c1)C(C)CC(=O)N2C. The predicted molar refractivity (Wildman–Crippen MR) is 118 cm³/mol. The van der Waals surface area contributed by atoms with Crippen molar-refractivity contribution in [1.29, 1.82) is 0 Å². The van der Waals surface area contributed by atoms with E-state index in [4.69, 9.17) is 5.73 Å². The van der Waals surface area contributed by atoms with Gasteiger partial charge in [-0.3, -0.25) is 9.59 Å². The van der Waals surface area contributed by atoms with Crippen molar-refractivity contribution >= 4 is 29.0 Å². The van der Waals surface area contributed by atoms with Crippen molar-refractivity contribution in [2.75, 3.05) is 23.0 Å². The number of benzene rings is 2. The lowest BCUT2D eigenvalue weighted by Crippen LogP contribution is -2.32. The van der Waals surface area contributed by atoms with Crippen LogP contribution in [0.3, 0.4) is 0 Å². The van der Waals surface area contributed by atoms with E-state index in [1.54, 1.807) is 29.6 Å². The van der Waals surface area contributed by atoms with Gasteiger partial charge in [-0.15, -0.1) is 0 Å². The molecule has 1 aliphatic heterocycles. The fraction of sp³-hybridized carbons (Fsp3) is 0.261. The van der Waals surface area contributed by atoms with E-state index in [1.165, 1.54) is 0 Å². The second-order valence-corrected chi connectivity index (χ2v) is 7.77. The van der Waals surface area contributed by atoms with E-state index in [9.17, 15) is 9.59 Å². The molecular formula is C23H25N5O2. The monoisotopic (exact) mass is 403 g/mol. The molecule has 0 fully saturated rings. The largest absolute Gasteiger partial charge is 0.383 e. The molecule has 0 spiro atoms. The summed E-state index contributed by atoms with van der Waals surface area (Å²) in [5.74, 6) is 0.240. The summed E-state index contributed by atoms with van der Waals surface area (Å²) < 4.78 is 1.65. The van der Waals surface area contributed by atoms with Gasteiger partial charge in [-0.05, 0) is 42.2 Å². The zero-order chi connectivity index (χ0) is 21.4. The molecule has 1 unspecified atom stereocenters. The molecule has 0 saturated carbocycles. The number of anilines is 3. The zero-order valence-electron chi connectivity index (χ0n) is 17.3. The summed E-state index contributed by atoms with van der Waals surface area (Å²) in [6.45, 7) is 4.30. The molecule has 0 saturated heterocycles. The first kappa shape index (κ1) is 19.7. The van der Waals surface area contributed by atoms with Crippen LogP contribution in [0.15, 0.2) is 48.5 Å². The van der Waals surface area contributed by atoms with Crippen LogP contribution in [0, 0.1) is 6.92 Å². The van der Waals surface area contributed by atoms with Gasteiger partial charge >= 0.3 is 0 Å². The van der Waals surface area contributed by atoms with E-state index < -0.39 is 0 Å². The number of fused-ring (bicyclic) bond motifs is 1. The minimum absolute atomic E-state index is 0.0981. The molecule has 3 aromatic rings. The molecule has 3 N–H and O–H groups in total. The highest BCUT2D eigenvalue weighted by Crippen LogP contribution is 2.36. The third-order valence-corrected chi connectivity index (χ3v) is 5.60. The first-order valence-electron chi connectivity index (χ1n) is 9.93. The fourth-order valence-electron chi connectivity index (χ4n) is 3.93. The first-order chi connectivity index (χ1) is 14.3. The Morgan fingerprint density at radius 3 is 2.70 bits per heavy atom. The molecule has 7 nitrogen and oxygen atoms in total. The number of aromatic nitrogens is 2. The molecular weight excluding hydrogens is 378 g/mol. The minimum Gasteiger partial charge on any atom is -0.383 e. The molecule has 2 heterocycles. The molecule has 1 aromatic heterocycles. The van der Waals surface area contributed by atoms with Crippen molar-refractivity contribution in [3.05, 3.63) is 70.9 Å². The molecule has 154 valence electrons. The number of nitrogen functional groups attached to an aromatic ring is 1. The van der Waals surface area contributed by atoms with Crippen LogP contribution in [0.25, 0.3) is 0 Å². The number of nitrogens with one attached hydrogen (secondary N) is 1. The predicted octanol–water partition coefficient (Wildman–Crippen LogP) is 3.54. The number of amides is 2. The third kappa shape index (κ3) is 3.54. The van der Waals surface area contributed by atoms with Crippen molar-refractivity contribution in [3.63, 3.8) is 0 Å². The fourth-order valence-corrected chi connectivity index (χ4v) is 3.93. The van der Waals surface area contributed by atoms with Crippen LogP contribution in [0.1, 0.15) is 46.4 Å². The van der Waals surface area contributed by atoms with E-state index in [0.29, 0.717) is 35.7 Å². The molecule has 1 atom stereocenters. The number of hydrogen-bond acceptors (Lipinski definition) is 4. The Bertz CT molecular complexity index is 1120. The van der Waals surface area contributed by atoms with E-state index in [2.05, 4.69) is 10.4 Å². The molecule has 7 heteroatoms. The molecule has 0 radical (unpaired) electrons. The van der Waals surface area contributed by atoms with Gasteiger partial charge in [-0.2, -0.15) is 5.10 Å². The van der Waals surface area contributed by atoms with Crippen LogP contribution in [0.4, 0.5) is 17.2 Å². The Morgan fingerprint density at radius 2 is 1.97 bits per heavy atom. The highest BCUT2D eigenvalue weighted by atomic mass is 16.2. The molecule has 1 aliphatic rings. The summed E-state index contributed by atoms with van der Waals surface area (Å²) in [7, 11) is 1.77. The molecule has 30 heavy (non-hydrogen) atoms. The van der Waals surface area contributed by atoms with Crippen LogP contribution in [0.2, 0.25) is 0 Å². The lowest BCUT2D eigenvalue weighted by atomic mass is 9.91. The van der Waals surface area contributed by atoms with Crippen LogP contribution in [-0.2, 0) is 11.3 Å². The number of nitrogens with two attached hydrogens (primary N) is 1. The number of rotatable bonds is 4. The van der Waals surface area contributed by atoms with Gasteiger partial charge in [0.25, 0.3) is 5.91 Å². The van der Waals surface area contributed by atoms with Gasteiger partial charge in [0.05, 0.1) is 12.2 Å². The van der Waals surface area contributed by atoms with Crippen molar-refractivity contribution in [3.8, 4) is 0 Å². The Morgan fingerprint density at radius 1 is 1.23 bits per heavy atom. The van der Waals surface area contributed by atoms with Crippen molar-refractivity contribution < 1.29 is 9.59 Å². The Labute approximate surface area is 175 Å². The van der Waals surface area contributed by atoms with Gasteiger partial charge in [0.2, 0.25) is 5.91 Å². The van der Waals surface area contributed by atoms with Crippen molar-refractivity contribution in [1.82, 2.24) is 9.78 Å². The van der Waals surface area contributed by atoms with E-state index in [0.717, 1.165) is 16.8 Å². The normalized spacial score (nSPS) is 15.8. The standard InChI is InChI=1S/C23H25N5O2/c1-14-11-20(29)27(3)19-10-9-17(12-18(14)19)25-23(30)21-15(2)26-28(22(21)24)13-16-7-5-4-6-8-16/h4-10,12,14H,11,13,24H2,1-3H3,(H,25,30). The van der Waals surface area contributed by atoms with Crippen molar-refractivity contribution in [2.24, 2.45) is 0 Å². The van der Waals surface area contributed by atoms with Crippen LogP contribution in [-0.4, -0.2) is 28.6 Å². The average molecular weight is 403 g/mol. The number of nitrogens with zero attached hydrogens (tertiary/aromatic N) is 3. The Hall–Kier alpha value is -3.61. The van der Waals surface area contributed by atoms with E-state index in [1.807, 2.05) is 49.4 Å². The molecule has 2 amide bonds. The highest BCUT2D eigenvalue weighted by Gasteiger charge is 2.27. The summed E-state index contributed by atoms with van der Waals surface area (Å²) in [5, 5.41) is 7.39. The first-order valence-corrected chi connectivity index (χ1v) is 9.93. The lowest BCUT2D eigenvalue weighted by Gasteiger charge is -2.30. The maximum Gasteiger partial charge on any atom is 0.261 e. The summed E-state index contributed by atoms with van der Waals surface area (Å²) in [4.78, 5) is 26.7. The number of carbonyl (C=O) groups excluding carboxylic acids is 2. The molecule has 4 rings (SSSR count). The van der Waals surface area contributed by atoms with Gasteiger partial charge in [-0.25, -0.2) is 4.68 Å². The maximum atomic E-state index is 13.0. The summed E-state index contributed by atoms with van der Waals surface area (Å²) in [5.41, 5.74) is 10.9. The summed E-state index contributed by atoms with van der Waals surface area (Å²) in [6, 6.07) is 15.5. The number of aryl methyl sites for hydroxylation is 1. The number of hydrogen-bond donors (Lipinski definition) is 2. The molecule has 2 aromatic carbocycles. The molecule has 0 bridgehead atoms. The minimum atomic E-state index is -0.294. The van der Waals surface area contributed by atoms with Crippen LogP contribution < -0.4 is 16.0 Å². The highest BCUT2D eigenvalue weighted by molar-refractivity contribution is 6.08. The van der Waals surface area contributed by atoms with E-state index in [-0.39, 0.29) is 17.7 Å². The van der Waals surface area contributed by atoms with Gasteiger partial charge in [-0.1, -0.05) is 37.3 Å². The van der Waals surface area contributed by atoms with E-state index >= 15 is 0 Å². The third-order valence-electron chi connectivity index (χ3n) is 5.60. The topological polar surface area (TPSA) is 93.2 Å². The van der Waals surface area contributed by atoms with Gasteiger partial charge in [0.1, 0.15) is 11.4 Å². The Balaban J connectivity index is 1.58.